The zero-order valence-corrected chi connectivity index (χ0v) is 28.6. The molecule has 2 saturated heterocycles. The van der Waals surface area contributed by atoms with Crippen LogP contribution in [0.3, 0.4) is 0 Å². The molecule has 0 bridgehead atoms. The van der Waals surface area contributed by atoms with E-state index in [1.807, 2.05) is 30.3 Å². The summed E-state index contributed by atoms with van der Waals surface area (Å²) < 4.78 is 27.0. The molecule has 0 aromatic heterocycles. The number of hydrogen-bond acceptors (Lipinski definition) is 17. The third-order valence-corrected chi connectivity index (χ3v) is 8.50. The fourth-order valence-corrected chi connectivity index (χ4v) is 5.46. The summed E-state index contributed by atoms with van der Waals surface area (Å²) in [5.41, 5.74) is 0.828. The van der Waals surface area contributed by atoms with E-state index in [-0.39, 0.29) is 52.2 Å². The van der Waals surface area contributed by atoms with E-state index in [1.54, 1.807) is 0 Å². The van der Waals surface area contributed by atoms with Crippen LogP contribution in [0, 0.1) is 0 Å². The number of nitrogens with zero attached hydrogens (tertiary/aromatic N) is 1. The van der Waals surface area contributed by atoms with Gasteiger partial charge in [-0.1, -0.05) is 30.3 Å². The zero-order valence-electron chi connectivity index (χ0n) is 28.6. The molecule has 18 nitrogen and oxygen atoms in total. The van der Waals surface area contributed by atoms with Crippen LogP contribution in [-0.2, 0) is 49.5 Å². The molecule has 288 valence electrons. The monoisotopic (exact) mass is 729 g/mol. The number of esters is 1. The largest absolute Gasteiger partial charge is 0.461 e. The van der Waals surface area contributed by atoms with Crippen molar-refractivity contribution in [1.29, 1.82) is 0 Å². The summed E-state index contributed by atoms with van der Waals surface area (Å²) in [6.07, 6.45) is -14.5. The Labute approximate surface area is 295 Å². The smallest absolute Gasteiger partial charge is 0.306 e. The lowest BCUT2D eigenvalue weighted by molar-refractivity contribution is -0.292. The van der Waals surface area contributed by atoms with Crippen LogP contribution < -0.4 is 10.6 Å². The normalized spacial score (nSPS) is 30.6. The van der Waals surface area contributed by atoms with E-state index in [4.69, 9.17) is 23.7 Å². The van der Waals surface area contributed by atoms with Crippen LogP contribution in [-0.4, -0.2) is 160 Å². The first kappa shape index (κ1) is 42.4. The Morgan fingerprint density at radius 2 is 1.22 bits per heavy atom. The van der Waals surface area contributed by atoms with Gasteiger partial charge >= 0.3 is 5.97 Å². The Kier molecular flexibility index (Phi) is 17.9. The Bertz CT molecular complexity index is 1160. The molecule has 2 fully saturated rings. The van der Waals surface area contributed by atoms with Crippen molar-refractivity contribution in [3.05, 3.63) is 35.9 Å². The molecule has 1 amide bonds. The molecule has 2 aliphatic rings. The van der Waals surface area contributed by atoms with E-state index in [0.717, 1.165) is 10.5 Å². The van der Waals surface area contributed by atoms with Crippen molar-refractivity contribution in [2.24, 2.45) is 0 Å². The van der Waals surface area contributed by atoms with Crippen LogP contribution in [0.25, 0.3) is 0 Å². The molecular formula is C33H51N3O15. The number of amides is 1. The van der Waals surface area contributed by atoms with Gasteiger partial charge in [-0.3, -0.25) is 34.7 Å². The van der Waals surface area contributed by atoms with E-state index >= 15 is 0 Å². The standard InChI is InChI=1S/C33H51N3O15/c1-19-26(41)28(43)30(45)32(50-19)47-14-12-34-22(16-37)36(24(39)10-6-7-11-25(40)49-18-21-8-4-3-5-9-21)23(17-38)35-13-15-48-33-31(46)29(44)27(42)20(2)51-33/h3-5,8-9,16-17,19-20,22-23,26-35,41-46H,6-7,10-15,18H2,1-2H3/t19-,20-,22?,23?,26+,27+,28+,29+,30-,31-,32+,33+/m0/s1. The fraction of sp³-hybridized carbons (Fsp3) is 0.697. The van der Waals surface area contributed by atoms with Gasteiger partial charge in [-0.05, 0) is 32.3 Å². The number of benzene rings is 1. The van der Waals surface area contributed by atoms with Crippen LogP contribution >= 0.6 is 0 Å². The maximum atomic E-state index is 13.5. The highest BCUT2D eigenvalue weighted by molar-refractivity contribution is 5.83. The highest BCUT2D eigenvalue weighted by atomic mass is 16.7. The third-order valence-electron chi connectivity index (χ3n) is 8.50. The maximum Gasteiger partial charge on any atom is 0.306 e. The summed E-state index contributed by atoms with van der Waals surface area (Å²) in [6.45, 7) is 2.57. The number of aliphatic hydroxyl groups is 6. The van der Waals surface area contributed by atoms with Crippen LogP contribution in [0.2, 0.25) is 0 Å². The Hall–Kier alpha value is -2.98. The zero-order chi connectivity index (χ0) is 37.5. The first-order valence-electron chi connectivity index (χ1n) is 16.9. The van der Waals surface area contributed by atoms with Crippen molar-refractivity contribution in [1.82, 2.24) is 15.5 Å². The minimum atomic E-state index is -1.55. The molecule has 51 heavy (non-hydrogen) atoms. The predicted octanol–water partition coefficient (Wildman–Crippen LogP) is -2.96. The number of unbranched alkanes of at least 4 members (excludes halogenated alkanes) is 1. The quantitative estimate of drug-likeness (QED) is 0.0272. The molecule has 0 radical (unpaired) electrons. The lowest BCUT2D eigenvalue weighted by Gasteiger charge is -2.39. The topological polar surface area (TPSA) is 263 Å². The highest BCUT2D eigenvalue weighted by Gasteiger charge is 2.43. The number of aliphatic hydroxyl groups excluding tert-OH is 6. The summed E-state index contributed by atoms with van der Waals surface area (Å²) in [6, 6.07) is 9.13. The van der Waals surface area contributed by atoms with Gasteiger partial charge in [-0.25, -0.2) is 0 Å². The molecule has 3 rings (SSSR count). The van der Waals surface area contributed by atoms with Crippen LogP contribution in [0.15, 0.2) is 30.3 Å². The Morgan fingerprint density at radius 3 is 1.69 bits per heavy atom. The number of carbonyl (C=O) groups excluding carboxylic acids is 4. The molecule has 8 N–H and O–H groups in total. The molecule has 0 spiro atoms. The predicted molar refractivity (Wildman–Crippen MR) is 174 cm³/mol. The van der Waals surface area contributed by atoms with Crippen molar-refractivity contribution < 1.29 is 73.5 Å². The summed E-state index contributed by atoms with van der Waals surface area (Å²) >= 11 is 0. The average molecular weight is 730 g/mol. The number of carbonyl (C=O) groups is 4. The van der Waals surface area contributed by atoms with Gasteiger partial charge in [-0.15, -0.1) is 0 Å². The summed E-state index contributed by atoms with van der Waals surface area (Å²) in [5.74, 6) is -1.06. The van der Waals surface area contributed by atoms with Gasteiger partial charge in [0.1, 0.15) is 55.6 Å². The van der Waals surface area contributed by atoms with E-state index < -0.39 is 85.6 Å². The van der Waals surface area contributed by atoms with Gasteiger partial charge in [0.15, 0.2) is 25.2 Å². The van der Waals surface area contributed by atoms with Gasteiger partial charge in [0.2, 0.25) is 5.91 Å². The molecular weight excluding hydrogens is 678 g/mol. The van der Waals surface area contributed by atoms with Crippen LogP contribution in [0.1, 0.15) is 45.1 Å². The van der Waals surface area contributed by atoms with Crippen LogP contribution in [0.5, 0.6) is 0 Å². The summed E-state index contributed by atoms with van der Waals surface area (Å²) in [4.78, 5) is 51.2. The van der Waals surface area contributed by atoms with E-state index in [2.05, 4.69) is 10.6 Å². The number of nitrogens with one attached hydrogen (secondary N) is 2. The number of aldehydes is 2. The van der Waals surface area contributed by atoms with Gasteiger partial charge in [-0.2, -0.15) is 0 Å². The van der Waals surface area contributed by atoms with Gasteiger partial charge in [0, 0.05) is 25.9 Å². The second-order valence-electron chi connectivity index (χ2n) is 12.3. The van der Waals surface area contributed by atoms with Crippen LogP contribution in [0.4, 0.5) is 0 Å². The molecule has 2 unspecified atom stereocenters. The number of hydrogen-bond donors (Lipinski definition) is 8. The van der Waals surface area contributed by atoms with Crippen molar-refractivity contribution in [3.8, 4) is 0 Å². The van der Waals surface area contributed by atoms with E-state index in [9.17, 15) is 49.8 Å². The molecule has 0 aliphatic carbocycles. The number of rotatable bonds is 21. The maximum absolute atomic E-state index is 13.5. The van der Waals surface area contributed by atoms with Gasteiger partial charge < -0.3 is 54.3 Å². The fourth-order valence-electron chi connectivity index (χ4n) is 5.46. The average Bonchev–Trinajstić information content (AvgIpc) is 3.13. The molecule has 1 aromatic carbocycles. The summed E-state index contributed by atoms with van der Waals surface area (Å²) in [5, 5.41) is 65.8. The molecule has 1 aromatic rings. The van der Waals surface area contributed by atoms with Gasteiger partial charge in [0.05, 0.1) is 25.4 Å². The molecule has 2 heterocycles. The first-order chi connectivity index (χ1) is 24.4. The minimum Gasteiger partial charge on any atom is -0.461 e. The third kappa shape index (κ3) is 12.6. The highest BCUT2D eigenvalue weighted by Crippen LogP contribution is 2.23. The lowest BCUT2D eigenvalue weighted by Crippen LogP contribution is -2.61. The molecule has 12 atom stereocenters. The van der Waals surface area contributed by atoms with Crippen molar-refractivity contribution in [3.63, 3.8) is 0 Å². The summed E-state index contributed by atoms with van der Waals surface area (Å²) in [7, 11) is 0. The second kappa shape index (κ2) is 21.5. The SMILES string of the molecule is C[C@@H]1O[C@@H](OCCNC(C=O)N(C(=O)CCCCC(=O)OCc2ccccc2)C(C=O)NCCO[C@@H]2O[C@@H](C)[C@@H](O)[C@@H](O)[C@@H]2O)[C@@H](O)[C@H](O)[C@@H]1O. The van der Waals surface area contributed by atoms with E-state index in [0.29, 0.717) is 19.0 Å². The Balaban J connectivity index is 1.57. The molecule has 18 heteroatoms. The molecule has 0 saturated carbocycles. The molecule has 2 aliphatic heterocycles. The van der Waals surface area contributed by atoms with Crippen molar-refractivity contribution in [2.75, 3.05) is 26.3 Å². The minimum absolute atomic E-state index is 0.0401. The second-order valence-corrected chi connectivity index (χ2v) is 12.3. The lowest BCUT2D eigenvalue weighted by atomic mass is 10.0. The first-order valence-corrected chi connectivity index (χ1v) is 16.9. The number of ether oxygens (including phenoxy) is 5. The van der Waals surface area contributed by atoms with Gasteiger partial charge in [0.25, 0.3) is 0 Å². The Morgan fingerprint density at radius 1 is 0.745 bits per heavy atom. The van der Waals surface area contributed by atoms with Crippen molar-refractivity contribution >= 4 is 24.4 Å². The van der Waals surface area contributed by atoms with E-state index in [1.165, 1.54) is 13.8 Å². The van der Waals surface area contributed by atoms with Crippen molar-refractivity contribution in [2.45, 2.75) is 120 Å².